The first kappa shape index (κ1) is 15.1. The van der Waals surface area contributed by atoms with Gasteiger partial charge in [-0.05, 0) is 34.1 Å². The second-order valence-electron chi connectivity index (χ2n) is 4.04. The zero-order valence-electron chi connectivity index (χ0n) is 11.0. The molecule has 20 heavy (non-hydrogen) atoms. The Morgan fingerprint density at radius 2 is 2.15 bits per heavy atom. The minimum absolute atomic E-state index is 0.138. The molecule has 1 aromatic carbocycles. The maximum absolute atomic E-state index is 11.7. The second kappa shape index (κ2) is 5.97. The number of rotatable bonds is 3. The van der Waals surface area contributed by atoms with Crippen LogP contribution in [0.2, 0.25) is 0 Å². The molecule has 0 fully saturated rings. The molecule has 1 heterocycles. The number of aromatic nitrogens is 2. The highest BCUT2D eigenvalue weighted by atomic mass is 79.9. The van der Waals surface area contributed by atoms with Gasteiger partial charge in [0.25, 0.3) is 0 Å². The van der Waals surface area contributed by atoms with E-state index in [1.807, 2.05) is 25.1 Å². The number of carbonyl (C=O) groups excluding carboxylic acids is 1. The van der Waals surface area contributed by atoms with Crippen molar-refractivity contribution in [1.82, 2.24) is 9.55 Å². The van der Waals surface area contributed by atoms with Crippen molar-refractivity contribution in [3.63, 3.8) is 0 Å². The summed E-state index contributed by atoms with van der Waals surface area (Å²) in [6.45, 7) is 1.95. The van der Waals surface area contributed by atoms with Crippen molar-refractivity contribution in [3.05, 3.63) is 38.7 Å². The Balaban J connectivity index is 2.67. The van der Waals surface area contributed by atoms with E-state index in [0.29, 0.717) is 12.2 Å². The standard InChI is InChI=1S/C13H13Br2N3O2/c1-3-10-17-11(13(19)20-2)12(16)18(10)9-5-4-7(14)6-8(9)15/h4-6H,3,16H2,1-2H3. The molecule has 2 N–H and O–H groups in total. The number of esters is 1. The maximum Gasteiger partial charge on any atom is 0.360 e. The third-order valence-electron chi connectivity index (χ3n) is 2.83. The highest BCUT2D eigenvalue weighted by Gasteiger charge is 2.22. The normalized spacial score (nSPS) is 10.6. The number of carbonyl (C=O) groups is 1. The predicted molar refractivity (Wildman–Crippen MR) is 84.1 cm³/mol. The van der Waals surface area contributed by atoms with E-state index >= 15 is 0 Å². The van der Waals surface area contributed by atoms with Crippen molar-refractivity contribution in [1.29, 1.82) is 0 Å². The lowest BCUT2D eigenvalue weighted by molar-refractivity contribution is 0.0596. The first-order valence-corrected chi connectivity index (χ1v) is 7.49. The Kier molecular flexibility index (Phi) is 4.49. The van der Waals surface area contributed by atoms with Crippen LogP contribution in [-0.2, 0) is 11.2 Å². The minimum atomic E-state index is -0.538. The average molecular weight is 403 g/mol. The second-order valence-corrected chi connectivity index (χ2v) is 5.81. The number of ether oxygens (including phenoxy) is 1. The molecule has 106 valence electrons. The van der Waals surface area contributed by atoms with Gasteiger partial charge in [0.2, 0.25) is 0 Å². The number of hydrogen-bond acceptors (Lipinski definition) is 4. The Labute approximate surface area is 133 Å². The van der Waals surface area contributed by atoms with Gasteiger partial charge in [-0.3, -0.25) is 4.57 Å². The smallest absolute Gasteiger partial charge is 0.360 e. The predicted octanol–water partition coefficient (Wildman–Crippen LogP) is 3.33. The third kappa shape index (κ3) is 2.60. The lowest BCUT2D eigenvalue weighted by Crippen LogP contribution is -2.08. The van der Waals surface area contributed by atoms with Crippen LogP contribution in [0, 0.1) is 0 Å². The molecule has 0 saturated heterocycles. The molecule has 1 aromatic heterocycles. The number of halogens is 2. The number of nitrogen functional groups attached to an aromatic ring is 1. The molecule has 7 heteroatoms. The van der Waals surface area contributed by atoms with Crippen molar-refractivity contribution < 1.29 is 9.53 Å². The number of hydrogen-bond donors (Lipinski definition) is 1. The molecule has 5 nitrogen and oxygen atoms in total. The molecule has 0 bridgehead atoms. The molecule has 0 saturated carbocycles. The number of benzene rings is 1. The van der Waals surface area contributed by atoms with E-state index in [1.54, 1.807) is 4.57 Å². The van der Waals surface area contributed by atoms with Crippen molar-refractivity contribution in [2.24, 2.45) is 0 Å². The molecule has 0 spiro atoms. The number of anilines is 1. The van der Waals surface area contributed by atoms with Crippen molar-refractivity contribution in [2.75, 3.05) is 12.8 Å². The van der Waals surface area contributed by atoms with Gasteiger partial charge in [0.05, 0.1) is 12.8 Å². The van der Waals surface area contributed by atoms with Gasteiger partial charge in [-0.1, -0.05) is 22.9 Å². The number of imidazole rings is 1. The van der Waals surface area contributed by atoms with Crippen LogP contribution in [0.1, 0.15) is 23.2 Å². The number of aryl methyl sites for hydroxylation is 1. The van der Waals surface area contributed by atoms with E-state index in [9.17, 15) is 4.79 Å². The first-order chi connectivity index (χ1) is 9.49. The van der Waals surface area contributed by atoms with Crippen LogP contribution in [0.15, 0.2) is 27.1 Å². The van der Waals surface area contributed by atoms with Crippen molar-refractivity contribution >= 4 is 43.6 Å². The Bertz CT molecular complexity index is 668. The summed E-state index contributed by atoms with van der Waals surface area (Å²) in [6, 6.07) is 5.70. The first-order valence-electron chi connectivity index (χ1n) is 5.90. The van der Waals surface area contributed by atoms with Crippen LogP contribution in [0.5, 0.6) is 0 Å². The van der Waals surface area contributed by atoms with Gasteiger partial charge < -0.3 is 10.5 Å². The van der Waals surface area contributed by atoms with Crippen LogP contribution in [0.25, 0.3) is 5.69 Å². The van der Waals surface area contributed by atoms with Gasteiger partial charge in [0.1, 0.15) is 11.6 Å². The average Bonchev–Trinajstić information content (AvgIpc) is 2.75. The summed E-state index contributed by atoms with van der Waals surface area (Å²) in [4.78, 5) is 16.0. The maximum atomic E-state index is 11.7. The molecule has 0 aliphatic carbocycles. The van der Waals surface area contributed by atoms with Gasteiger partial charge in [-0.25, -0.2) is 9.78 Å². The fourth-order valence-corrected chi connectivity index (χ4v) is 3.12. The Hall–Kier alpha value is -1.34. The fourth-order valence-electron chi connectivity index (χ4n) is 1.90. The molecular formula is C13H13Br2N3O2. The van der Waals surface area contributed by atoms with E-state index in [0.717, 1.165) is 14.6 Å². The highest BCUT2D eigenvalue weighted by Crippen LogP contribution is 2.30. The van der Waals surface area contributed by atoms with Gasteiger partial charge in [-0.2, -0.15) is 0 Å². The molecule has 0 atom stereocenters. The van der Waals surface area contributed by atoms with Gasteiger partial charge in [0, 0.05) is 15.4 Å². The van der Waals surface area contributed by atoms with E-state index in [4.69, 9.17) is 10.5 Å². The molecule has 0 unspecified atom stereocenters. The van der Waals surface area contributed by atoms with E-state index in [1.165, 1.54) is 7.11 Å². The Morgan fingerprint density at radius 3 is 2.70 bits per heavy atom. The largest absolute Gasteiger partial charge is 0.464 e. The minimum Gasteiger partial charge on any atom is -0.464 e. The molecule has 0 aliphatic rings. The summed E-state index contributed by atoms with van der Waals surface area (Å²) in [6.07, 6.45) is 0.643. The zero-order chi connectivity index (χ0) is 14.9. The molecule has 0 aliphatic heterocycles. The monoisotopic (exact) mass is 401 g/mol. The molecule has 0 radical (unpaired) electrons. The summed E-state index contributed by atoms with van der Waals surface area (Å²) in [5.74, 6) is 0.437. The van der Waals surface area contributed by atoms with Crippen LogP contribution >= 0.6 is 31.9 Å². The lowest BCUT2D eigenvalue weighted by atomic mass is 10.3. The van der Waals surface area contributed by atoms with Crippen LogP contribution < -0.4 is 5.73 Å². The zero-order valence-corrected chi connectivity index (χ0v) is 14.2. The molecule has 2 rings (SSSR count). The van der Waals surface area contributed by atoms with Crippen LogP contribution in [-0.4, -0.2) is 22.6 Å². The van der Waals surface area contributed by atoms with Crippen LogP contribution in [0.3, 0.4) is 0 Å². The number of methoxy groups -OCH3 is 1. The van der Waals surface area contributed by atoms with E-state index in [-0.39, 0.29) is 11.5 Å². The van der Waals surface area contributed by atoms with Crippen molar-refractivity contribution in [3.8, 4) is 5.69 Å². The van der Waals surface area contributed by atoms with E-state index < -0.39 is 5.97 Å². The summed E-state index contributed by atoms with van der Waals surface area (Å²) in [5, 5.41) is 0. The molecular weight excluding hydrogens is 390 g/mol. The van der Waals surface area contributed by atoms with Crippen LogP contribution in [0.4, 0.5) is 5.82 Å². The summed E-state index contributed by atoms with van der Waals surface area (Å²) >= 11 is 6.90. The summed E-state index contributed by atoms with van der Waals surface area (Å²) < 4.78 is 8.25. The van der Waals surface area contributed by atoms with Gasteiger partial charge in [0.15, 0.2) is 5.69 Å². The van der Waals surface area contributed by atoms with Gasteiger partial charge in [-0.15, -0.1) is 0 Å². The quantitative estimate of drug-likeness (QED) is 0.799. The van der Waals surface area contributed by atoms with Gasteiger partial charge >= 0.3 is 5.97 Å². The lowest BCUT2D eigenvalue weighted by Gasteiger charge is -2.11. The third-order valence-corrected chi connectivity index (χ3v) is 3.96. The Morgan fingerprint density at radius 1 is 1.45 bits per heavy atom. The molecule has 0 amide bonds. The fraction of sp³-hybridized carbons (Fsp3) is 0.231. The molecule has 2 aromatic rings. The summed E-state index contributed by atoms with van der Waals surface area (Å²) in [5.41, 5.74) is 7.02. The topological polar surface area (TPSA) is 70.1 Å². The van der Waals surface area contributed by atoms with Crippen molar-refractivity contribution in [2.45, 2.75) is 13.3 Å². The summed E-state index contributed by atoms with van der Waals surface area (Å²) in [7, 11) is 1.31. The number of nitrogens with two attached hydrogens (primary N) is 1. The number of nitrogens with zero attached hydrogens (tertiary/aromatic N) is 2. The van der Waals surface area contributed by atoms with E-state index in [2.05, 4.69) is 36.8 Å². The SMILES string of the molecule is CCc1nc(C(=O)OC)c(N)n1-c1ccc(Br)cc1Br. The highest BCUT2D eigenvalue weighted by molar-refractivity contribution is 9.11.